The number of hydrogen-bond donors (Lipinski definition) is 1. The van der Waals surface area contributed by atoms with Crippen LogP contribution >= 0.6 is 0 Å². The second-order valence-electron chi connectivity index (χ2n) is 7.39. The van der Waals surface area contributed by atoms with Gasteiger partial charge >= 0.3 is 6.18 Å². The Morgan fingerprint density at radius 3 is 2.45 bits per heavy atom. The molecule has 1 saturated carbocycles. The summed E-state index contributed by atoms with van der Waals surface area (Å²) in [5, 5.41) is 24.2. The number of nitriles is 2. The highest BCUT2D eigenvalue weighted by Gasteiger charge is 2.45. The summed E-state index contributed by atoms with van der Waals surface area (Å²) in [5.41, 5.74) is -0.832. The first-order valence-electron chi connectivity index (χ1n) is 9.19. The Kier molecular flexibility index (Phi) is 5.72. The number of rotatable bonds is 4. The first-order valence-corrected chi connectivity index (χ1v) is 9.19. The third-order valence-corrected chi connectivity index (χ3v) is 5.26. The zero-order chi connectivity index (χ0) is 23.0. The van der Waals surface area contributed by atoms with E-state index in [0.29, 0.717) is 10.7 Å². The van der Waals surface area contributed by atoms with E-state index < -0.39 is 48.4 Å². The van der Waals surface area contributed by atoms with E-state index in [-0.39, 0.29) is 28.9 Å². The number of halogens is 5. The largest absolute Gasteiger partial charge is 0.433 e. The summed E-state index contributed by atoms with van der Waals surface area (Å²) in [7, 11) is 1.06. The van der Waals surface area contributed by atoms with Crippen LogP contribution in [-0.4, -0.2) is 21.6 Å². The van der Waals surface area contributed by atoms with Gasteiger partial charge in [0.2, 0.25) is 11.8 Å². The van der Waals surface area contributed by atoms with Gasteiger partial charge in [-0.3, -0.25) is 9.48 Å². The molecule has 1 aliphatic carbocycles. The van der Waals surface area contributed by atoms with Crippen LogP contribution in [0.1, 0.15) is 47.6 Å². The molecule has 1 aliphatic rings. The van der Waals surface area contributed by atoms with E-state index in [1.54, 1.807) is 0 Å². The fourth-order valence-corrected chi connectivity index (χ4v) is 3.85. The predicted octanol–water partition coefficient (Wildman–Crippen LogP) is 4.34. The maximum atomic E-state index is 13.8. The molecule has 11 heteroatoms. The molecule has 0 spiro atoms. The lowest BCUT2D eigenvalue weighted by Crippen LogP contribution is -2.28. The van der Waals surface area contributed by atoms with E-state index in [4.69, 9.17) is 5.26 Å². The molecular weight excluding hydrogens is 421 g/mol. The number of amides is 1. The number of alkyl halides is 5. The van der Waals surface area contributed by atoms with Crippen LogP contribution in [0.25, 0.3) is 0 Å². The van der Waals surface area contributed by atoms with Crippen LogP contribution in [0.3, 0.4) is 0 Å². The molecule has 31 heavy (non-hydrogen) atoms. The minimum absolute atomic E-state index is 0.0169. The average molecular weight is 437 g/mol. The Bertz CT molecular complexity index is 1090. The predicted molar refractivity (Wildman–Crippen MR) is 97.7 cm³/mol. The maximum Gasteiger partial charge on any atom is 0.433 e. The molecule has 1 heterocycles. The van der Waals surface area contributed by atoms with Crippen molar-refractivity contribution in [2.24, 2.45) is 13.0 Å². The van der Waals surface area contributed by atoms with Crippen LogP contribution in [0, 0.1) is 28.6 Å². The fraction of sp³-hybridized carbons (Fsp3) is 0.400. The number of aromatic nitrogens is 2. The summed E-state index contributed by atoms with van der Waals surface area (Å²) >= 11 is 0. The summed E-state index contributed by atoms with van der Waals surface area (Å²) in [5.74, 6) is -6.13. The van der Waals surface area contributed by atoms with Crippen molar-refractivity contribution in [3.63, 3.8) is 0 Å². The number of nitrogens with one attached hydrogen (secondary N) is 1. The first kappa shape index (κ1) is 22.2. The Morgan fingerprint density at radius 1 is 1.26 bits per heavy atom. The van der Waals surface area contributed by atoms with E-state index in [1.165, 1.54) is 18.2 Å². The molecule has 0 bridgehead atoms. The highest BCUT2D eigenvalue weighted by molar-refractivity contribution is 5.95. The molecule has 0 radical (unpaired) electrons. The smallest absolute Gasteiger partial charge is 0.309 e. The molecule has 1 N–H and O–H groups in total. The Hall–Kier alpha value is -3.47. The first-order chi connectivity index (χ1) is 14.4. The van der Waals surface area contributed by atoms with Crippen molar-refractivity contribution < 1.29 is 26.7 Å². The molecule has 1 aromatic heterocycles. The number of carbonyl (C=O) groups excluding carboxylic acids is 1. The lowest BCUT2D eigenvalue weighted by atomic mass is 9.83. The zero-order valence-electron chi connectivity index (χ0n) is 16.2. The SMILES string of the molecule is Cn1nc(NC(=O)[C@H](c2ccc(C#N)c(C#N)c2)[C@H]2CCC(F)(F)C2)cc1C(F)(F)F. The summed E-state index contributed by atoms with van der Waals surface area (Å²) in [4.78, 5) is 13.0. The average Bonchev–Trinajstić information content (AvgIpc) is 3.23. The van der Waals surface area contributed by atoms with E-state index in [0.717, 1.165) is 7.05 Å². The van der Waals surface area contributed by atoms with Gasteiger partial charge < -0.3 is 5.32 Å². The summed E-state index contributed by atoms with van der Waals surface area (Å²) in [6, 6.07) is 8.27. The molecule has 0 saturated heterocycles. The number of hydrogen-bond acceptors (Lipinski definition) is 4. The number of carbonyl (C=O) groups is 1. The minimum Gasteiger partial charge on any atom is -0.309 e. The van der Waals surface area contributed by atoms with Crippen molar-refractivity contribution in [1.29, 1.82) is 10.5 Å². The Morgan fingerprint density at radius 2 is 1.94 bits per heavy atom. The molecule has 2 aromatic rings. The van der Waals surface area contributed by atoms with E-state index in [2.05, 4.69) is 10.4 Å². The highest BCUT2D eigenvalue weighted by Crippen LogP contribution is 2.46. The number of nitrogens with zero attached hydrogens (tertiary/aromatic N) is 4. The zero-order valence-corrected chi connectivity index (χ0v) is 16.2. The van der Waals surface area contributed by atoms with Gasteiger partial charge in [0.05, 0.1) is 17.0 Å². The van der Waals surface area contributed by atoms with Crippen molar-refractivity contribution >= 4 is 11.7 Å². The molecule has 0 aliphatic heterocycles. The van der Waals surface area contributed by atoms with E-state index in [9.17, 15) is 32.0 Å². The lowest BCUT2D eigenvalue weighted by molar-refractivity contribution is -0.143. The Balaban J connectivity index is 1.97. The van der Waals surface area contributed by atoms with Crippen LogP contribution in [0.15, 0.2) is 24.3 Å². The summed E-state index contributed by atoms with van der Waals surface area (Å²) in [6.07, 6.45) is -5.68. The van der Waals surface area contributed by atoms with Gasteiger partial charge in [0.15, 0.2) is 5.82 Å². The number of benzene rings is 1. The topological polar surface area (TPSA) is 94.5 Å². The van der Waals surface area contributed by atoms with Crippen LogP contribution in [0.4, 0.5) is 27.8 Å². The molecule has 3 rings (SSSR count). The Labute approximate surface area is 173 Å². The standard InChI is InChI=1S/C20H16F5N5O/c1-30-15(20(23,24)25)7-16(29-30)28-18(31)17(12-4-5-19(21,22)8-12)11-2-3-13(9-26)14(6-11)10-27/h2-3,6-7,12,17H,4-5,8H2,1H3,(H,28,29,31)/t12-,17+/m0/s1. The summed E-state index contributed by atoms with van der Waals surface area (Å²) in [6.45, 7) is 0. The van der Waals surface area contributed by atoms with Crippen LogP contribution in [0.2, 0.25) is 0 Å². The molecular formula is C20H16F5N5O. The second-order valence-corrected chi connectivity index (χ2v) is 7.39. The van der Waals surface area contributed by atoms with Gasteiger partial charge in [-0.2, -0.15) is 28.8 Å². The van der Waals surface area contributed by atoms with E-state index in [1.807, 2.05) is 12.1 Å². The van der Waals surface area contributed by atoms with Crippen LogP contribution < -0.4 is 5.32 Å². The summed E-state index contributed by atoms with van der Waals surface area (Å²) < 4.78 is 67.2. The van der Waals surface area contributed by atoms with Gasteiger partial charge in [0, 0.05) is 26.0 Å². The van der Waals surface area contributed by atoms with Crippen molar-refractivity contribution in [1.82, 2.24) is 9.78 Å². The lowest BCUT2D eigenvalue weighted by Gasteiger charge is -2.23. The molecule has 162 valence electrons. The quantitative estimate of drug-likeness (QED) is 0.720. The minimum atomic E-state index is -4.69. The number of anilines is 1. The number of aryl methyl sites for hydroxylation is 1. The normalized spacial score (nSPS) is 18.8. The molecule has 2 atom stereocenters. The van der Waals surface area contributed by atoms with Crippen molar-refractivity contribution in [2.45, 2.75) is 37.3 Å². The van der Waals surface area contributed by atoms with Gasteiger partial charge in [-0.1, -0.05) is 6.07 Å². The molecule has 6 nitrogen and oxygen atoms in total. The maximum absolute atomic E-state index is 13.8. The molecule has 0 unspecified atom stereocenters. The van der Waals surface area contributed by atoms with Gasteiger partial charge in [0.1, 0.15) is 17.8 Å². The molecule has 1 fully saturated rings. The fourth-order valence-electron chi connectivity index (χ4n) is 3.85. The molecule has 1 aromatic carbocycles. The van der Waals surface area contributed by atoms with Crippen molar-refractivity contribution in [3.8, 4) is 12.1 Å². The van der Waals surface area contributed by atoms with Gasteiger partial charge in [-0.05, 0) is 30.0 Å². The van der Waals surface area contributed by atoms with Gasteiger partial charge in [0.25, 0.3) is 0 Å². The second kappa shape index (κ2) is 7.99. The van der Waals surface area contributed by atoms with Crippen molar-refractivity contribution in [2.75, 3.05) is 5.32 Å². The van der Waals surface area contributed by atoms with E-state index >= 15 is 0 Å². The van der Waals surface area contributed by atoms with Gasteiger partial charge in [-0.15, -0.1) is 0 Å². The molecule has 1 amide bonds. The van der Waals surface area contributed by atoms with Crippen LogP contribution in [-0.2, 0) is 18.0 Å². The monoisotopic (exact) mass is 437 g/mol. The third kappa shape index (κ3) is 4.66. The van der Waals surface area contributed by atoms with Crippen molar-refractivity contribution in [3.05, 3.63) is 46.6 Å². The van der Waals surface area contributed by atoms with Gasteiger partial charge in [-0.25, -0.2) is 8.78 Å². The highest BCUT2D eigenvalue weighted by atomic mass is 19.4. The van der Waals surface area contributed by atoms with Crippen LogP contribution in [0.5, 0.6) is 0 Å². The third-order valence-electron chi connectivity index (χ3n) is 5.26.